The summed E-state index contributed by atoms with van der Waals surface area (Å²) >= 11 is 0. The van der Waals surface area contributed by atoms with Crippen LogP contribution in [0.3, 0.4) is 0 Å². The first-order valence-electron chi connectivity index (χ1n) is 6.85. The molecule has 8 heteroatoms. The second-order valence-electron chi connectivity index (χ2n) is 5.77. The second kappa shape index (κ2) is 4.94. The summed E-state index contributed by atoms with van der Waals surface area (Å²) in [5.41, 5.74) is 3.75. The lowest BCUT2D eigenvalue weighted by Crippen LogP contribution is -2.57. The number of amidine groups is 1. The molecule has 0 radical (unpaired) electrons. The predicted octanol–water partition coefficient (Wildman–Crippen LogP) is 0.281. The molecule has 3 unspecified atom stereocenters. The van der Waals surface area contributed by atoms with Gasteiger partial charge in [0.25, 0.3) is 5.91 Å². The van der Waals surface area contributed by atoms with E-state index in [1.807, 2.05) is 6.92 Å². The van der Waals surface area contributed by atoms with E-state index in [2.05, 4.69) is 22.2 Å². The van der Waals surface area contributed by atoms with E-state index in [9.17, 15) is 10.5 Å². The Morgan fingerprint density at radius 2 is 1.91 bits per heavy atom. The highest BCUT2D eigenvalue weighted by atomic mass is 16.7. The maximum absolute atomic E-state index is 10.0. The van der Waals surface area contributed by atoms with Crippen LogP contribution in [-0.2, 0) is 9.47 Å². The SMILES string of the molecule is COC1(OC)N=C(N)C2(C#N)/C(=N/N(C)C)CC(C)C12C#N. The lowest BCUT2D eigenvalue weighted by molar-refractivity contribution is -0.263. The van der Waals surface area contributed by atoms with Crippen LogP contribution in [0.15, 0.2) is 10.1 Å². The second-order valence-corrected chi connectivity index (χ2v) is 5.77. The highest BCUT2D eigenvalue weighted by Gasteiger charge is 2.80. The smallest absolute Gasteiger partial charge is 0.292 e. The highest BCUT2D eigenvalue weighted by Crippen LogP contribution is 2.64. The summed E-state index contributed by atoms with van der Waals surface area (Å²) in [5.74, 6) is -1.89. The fraction of sp³-hybridized carbons (Fsp3) is 0.714. The summed E-state index contributed by atoms with van der Waals surface area (Å²) in [5, 5.41) is 25.9. The first kappa shape index (κ1) is 16.2. The van der Waals surface area contributed by atoms with E-state index < -0.39 is 16.7 Å². The third-order valence-electron chi connectivity index (χ3n) is 4.63. The summed E-state index contributed by atoms with van der Waals surface area (Å²) < 4.78 is 10.9. The zero-order valence-electron chi connectivity index (χ0n) is 13.4. The van der Waals surface area contributed by atoms with Gasteiger partial charge in [0.05, 0.1) is 17.9 Å². The van der Waals surface area contributed by atoms with E-state index in [0.29, 0.717) is 12.1 Å². The molecule has 1 aliphatic heterocycles. The molecule has 1 fully saturated rings. The van der Waals surface area contributed by atoms with Crippen molar-refractivity contribution in [2.75, 3.05) is 28.3 Å². The summed E-state index contributed by atoms with van der Waals surface area (Å²) in [6, 6.07) is 4.44. The van der Waals surface area contributed by atoms with Gasteiger partial charge in [-0.25, -0.2) is 4.99 Å². The van der Waals surface area contributed by atoms with Crippen molar-refractivity contribution in [3.05, 3.63) is 0 Å². The monoisotopic (exact) mass is 304 g/mol. The fourth-order valence-electron chi connectivity index (χ4n) is 3.75. The maximum Gasteiger partial charge on any atom is 0.292 e. The minimum absolute atomic E-state index is 0.00481. The van der Waals surface area contributed by atoms with E-state index in [1.165, 1.54) is 14.2 Å². The van der Waals surface area contributed by atoms with Crippen molar-refractivity contribution in [2.45, 2.75) is 19.3 Å². The molecule has 0 aromatic carbocycles. The van der Waals surface area contributed by atoms with E-state index in [4.69, 9.17) is 15.2 Å². The van der Waals surface area contributed by atoms with Crippen LogP contribution < -0.4 is 5.73 Å². The molecule has 0 spiro atoms. The van der Waals surface area contributed by atoms with Crippen LogP contribution in [0.1, 0.15) is 13.3 Å². The van der Waals surface area contributed by atoms with Gasteiger partial charge in [-0.2, -0.15) is 15.6 Å². The van der Waals surface area contributed by atoms with Crippen LogP contribution in [0.5, 0.6) is 0 Å². The van der Waals surface area contributed by atoms with E-state index in [1.54, 1.807) is 19.1 Å². The van der Waals surface area contributed by atoms with Crippen molar-refractivity contribution >= 4 is 11.5 Å². The Morgan fingerprint density at radius 3 is 2.32 bits per heavy atom. The lowest BCUT2D eigenvalue weighted by Gasteiger charge is -2.41. The normalized spacial score (nSPS) is 37.3. The third-order valence-corrected chi connectivity index (χ3v) is 4.63. The predicted molar refractivity (Wildman–Crippen MR) is 79.4 cm³/mol. The molecule has 0 aromatic rings. The number of ether oxygens (including phenoxy) is 2. The van der Waals surface area contributed by atoms with Gasteiger partial charge in [0, 0.05) is 28.3 Å². The number of aliphatic imine (C=N–C) groups is 1. The van der Waals surface area contributed by atoms with E-state index >= 15 is 0 Å². The first-order chi connectivity index (χ1) is 10.3. The number of hydrogen-bond acceptors (Lipinski definition) is 8. The quantitative estimate of drug-likeness (QED) is 0.590. The van der Waals surface area contributed by atoms with Crippen molar-refractivity contribution in [3.8, 4) is 12.1 Å². The van der Waals surface area contributed by atoms with Crippen LogP contribution in [-0.4, -0.2) is 50.8 Å². The molecule has 2 rings (SSSR count). The van der Waals surface area contributed by atoms with Crippen molar-refractivity contribution in [2.24, 2.45) is 32.6 Å². The Balaban J connectivity index is 2.86. The number of fused-ring (bicyclic) bond motifs is 1. The zero-order chi connectivity index (χ0) is 16.8. The average Bonchev–Trinajstić information content (AvgIpc) is 2.86. The Labute approximate surface area is 129 Å². The van der Waals surface area contributed by atoms with E-state index in [0.717, 1.165) is 0 Å². The molecular formula is C14H20N6O2. The topological polar surface area (TPSA) is 120 Å². The minimum atomic E-state index is -1.62. The number of nitrogens with two attached hydrogens (primary N) is 1. The van der Waals surface area contributed by atoms with Gasteiger partial charge in [-0.05, 0) is 12.3 Å². The number of hydrazone groups is 1. The summed E-state index contributed by atoms with van der Waals surface area (Å²) in [7, 11) is 6.27. The van der Waals surface area contributed by atoms with Gasteiger partial charge in [0.2, 0.25) is 0 Å². The third kappa shape index (κ3) is 1.46. The molecule has 2 aliphatic rings. The van der Waals surface area contributed by atoms with Crippen molar-refractivity contribution in [1.29, 1.82) is 10.5 Å². The summed E-state index contributed by atoms with van der Waals surface area (Å²) in [6.07, 6.45) is 0.435. The van der Waals surface area contributed by atoms with Gasteiger partial charge < -0.3 is 20.2 Å². The molecule has 8 nitrogen and oxygen atoms in total. The fourth-order valence-corrected chi connectivity index (χ4v) is 3.75. The van der Waals surface area contributed by atoms with Crippen LogP contribution in [0.25, 0.3) is 0 Å². The van der Waals surface area contributed by atoms with E-state index in [-0.39, 0.29) is 11.8 Å². The van der Waals surface area contributed by atoms with Gasteiger partial charge in [-0.3, -0.25) is 0 Å². The Hall–Kier alpha value is -2.16. The number of hydrogen-bond donors (Lipinski definition) is 1. The van der Waals surface area contributed by atoms with Gasteiger partial charge in [0.15, 0.2) is 10.8 Å². The highest BCUT2D eigenvalue weighted by molar-refractivity contribution is 6.17. The number of nitrogens with zero attached hydrogens (tertiary/aromatic N) is 5. The molecule has 0 aromatic heterocycles. The number of nitriles is 2. The Kier molecular flexibility index (Phi) is 3.64. The van der Waals surface area contributed by atoms with Gasteiger partial charge in [0.1, 0.15) is 5.84 Å². The molecule has 22 heavy (non-hydrogen) atoms. The Morgan fingerprint density at radius 1 is 1.32 bits per heavy atom. The minimum Gasteiger partial charge on any atom is -0.386 e. The van der Waals surface area contributed by atoms with Crippen molar-refractivity contribution in [1.82, 2.24) is 5.01 Å². The van der Waals surface area contributed by atoms with Gasteiger partial charge >= 0.3 is 0 Å². The van der Waals surface area contributed by atoms with Crippen molar-refractivity contribution < 1.29 is 9.47 Å². The molecule has 118 valence electrons. The number of rotatable bonds is 3. The average molecular weight is 304 g/mol. The zero-order valence-corrected chi connectivity index (χ0v) is 13.4. The lowest BCUT2D eigenvalue weighted by atomic mass is 9.62. The van der Waals surface area contributed by atoms with Crippen LogP contribution >= 0.6 is 0 Å². The first-order valence-corrected chi connectivity index (χ1v) is 6.85. The van der Waals surface area contributed by atoms with Gasteiger partial charge in [-0.15, -0.1) is 0 Å². The summed E-state index contributed by atoms with van der Waals surface area (Å²) in [6.45, 7) is 1.86. The molecule has 0 amide bonds. The maximum atomic E-state index is 10.0. The summed E-state index contributed by atoms with van der Waals surface area (Å²) in [4.78, 5) is 4.24. The Bertz CT molecular complexity index is 624. The standard InChI is InChI=1S/C14H20N6O2/c1-9-6-10(19-20(2)3)12(7-15)11(17)18-14(21-4,22-5)13(9,12)8-16/h9H,6H2,1-5H3,(H2,17,18)/b19-10+. The molecule has 0 saturated heterocycles. The van der Waals surface area contributed by atoms with Crippen LogP contribution in [0, 0.1) is 39.4 Å². The molecule has 1 aliphatic carbocycles. The van der Waals surface area contributed by atoms with Crippen molar-refractivity contribution in [3.63, 3.8) is 0 Å². The number of methoxy groups -OCH3 is 2. The largest absolute Gasteiger partial charge is 0.386 e. The van der Waals surface area contributed by atoms with Gasteiger partial charge in [-0.1, -0.05) is 6.92 Å². The molecular weight excluding hydrogens is 284 g/mol. The van der Waals surface area contributed by atoms with Crippen LogP contribution in [0.2, 0.25) is 0 Å². The molecule has 1 heterocycles. The van der Waals surface area contributed by atoms with Crippen LogP contribution in [0.4, 0.5) is 0 Å². The molecule has 2 N–H and O–H groups in total. The molecule has 1 saturated carbocycles. The molecule has 3 atom stereocenters. The molecule has 0 bridgehead atoms.